The minimum absolute atomic E-state index is 0.0108. The fourth-order valence-electron chi connectivity index (χ4n) is 3.14. The van der Waals surface area contributed by atoms with Gasteiger partial charge in [-0.15, -0.1) is 0 Å². The SMILES string of the molecule is CCC(O)C(c1ccc(C)cc1)c1cccc2ccccc12. The van der Waals surface area contributed by atoms with E-state index in [1.165, 1.54) is 27.5 Å². The average Bonchev–Trinajstić information content (AvgIpc) is 2.57. The molecule has 0 radical (unpaired) electrons. The molecule has 1 N–H and O–H groups in total. The van der Waals surface area contributed by atoms with Gasteiger partial charge in [0.25, 0.3) is 0 Å². The van der Waals surface area contributed by atoms with Gasteiger partial charge in [-0.2, -0.15) is 0 Å². The number of benzene rings is 3. The Morgan fingerprint density at radius 3 is 2.27 bits per heavy atom. The van der Waals surface area contributed by atoms with Gasteiger partial charge in [0.15, 0.2) is 0 Å². The number of hydrogen-bond acceptors (Lipinski definition) is 1. The number of aryl methyl sites for hydroxylation is 1. The molecule has 112 valence electrons. The van der Waals surface area contributed by atoms with Gasteiger partial charge in [-0.1, -0.05) is 79.2 Å². The van der Waals surface area contributed by atoms with Crippen molar-refractivity contribution >= 4 is 10.8 Å². The van der Waals surface area contributed by atoms with Gasteiger partial charge in [-0.25, -0.2) is 0 Å². The predicted molar refractivity (Wildman–Crippen MR) is 93.3 cm³/mol. The van der Waals surface area contributed by atoms with E-state index in [0.29, 0.717) is 0 Å². The fourth-order valence-corrected chi connectivity index (χ4v) is 3.14. The second kappa shape index (κ2) is 6.33. The Hall–Kier alpha value is -2.12. The summed E-state index contributed by atoms with van der Waals surface area (Å²) in [6.45, 7) is 4.13. The van der Waals surface area contributed by atoms with Gasteiger partial charge in [0.1, 0.15) is 0 Å². The van der Waals surface area contributed by atoms with Gasteiger partial charge in [-0.05, 0) is 35.2 Å². The molecule has 1 nitrogen and oxygen atoms in total. The van der Waals surface area contributed by atoms with Crippen molar-refractivity contribution in [2.24, 2.45) is 0 Å². The van der Waals surface area contributed by atoms with Crippen LogP contribution in [0.25, 0.3) is 10.8 Å². The maximum atomic E-state index is 10.7. The van der Waals surface area contributed by atoms with Crippen LogP contribution in [0, 0.1) is 6.92 Å². The summed E-state index contributed by atoms with van der Waals surface area (Å²) in [4.78, 5) is 0. The molecular formula is C21H22O. The van der Waals surface area contributed by atoms with Gasteiger partial charge in [-0.3, -0.25) is 0 Å². The monoisotopic (exact) mass is 290 g/mol. The average molecular weight is 290 g/mol. The Labute approximate surface area is 132 Å². The van der Waals surface area contributed by atoms with Gasteiger partial charge < -0.3 is 5.11 Å². The Morgan fingerprint density at radius 2 is 1.55 bits per heavy atom. The minimum Gasteiger partial charge on any atom is -0.392 e. The first-order valence-corrected chi connectivity index (χ1v) is 7.93. The minimum atomic E-state index is -0.381. The van der Waals surface area contributed by atoms with Gasteiger partial charge in [0.05, 0.1) is 6.10 Å². The normalized spacial score (nSPS) is 14.0. The van der Waals surface area contributed by atoms with Crippen molar-refractivity contribution in [2.45, 2.75) is 32.3 Å². The summed E-state index contributed by atoms with van der Waals surface area (Å²) in [6, 6.07) is 23.3. The van der Waals surface area contributed by atoms with Crippen molar-refractivity contribution < 1.29 is 5.11 Å². The lowest BCUT2D eigenvalue weighted by molar-refractivity contribution is 0.153. The lowest BCUT2D eigenvalue weighted by atomic mass is 9.83. The second-order valence-corrected chi connectivity index (χ2v) is 5.93. The third-order valence-electron chi connectivity index (χ3n) is 4.40. The molecule has 0 aromatic heterocycles. The molecule has 2 atom stereocenters. The molecule has 3 aromatic carbocycles. The first-order valence-electron chi connectivity index (χ1n) is 7.93. The topological polar surface area (TPSA) is 20.2 Å². The van der Waals surface area contributed by atoms with E-state index in [1.807, 2.05) is 6.92 Å². The fraction of sp³-hybridized carbons (Fsp3) is 0.238. The number of aliphatic hydroxyl groups excluding tert-OH is 1. The molecule has 0 aliphatic rings. The predicted octanol–water partition coefficient (Wildman–Crippen LogP) is 5.05. The van der Waals surface area contributed by atoms with Crippen LogP contribution in [-0.2, 0) is 0 Å². The Bertz CT molecular complexity index is 753. The van der Waals surface area contributed by atoms with Crippen LogP contribution < -0.4 is 0 Å². The molecule has 1 heteroatoms. The summed E-state index contributed by atoms with van der Waals surface area (Å²) in [5, 5.41) is 13.1. The van der Waals surface area contributed by atoms with Crippen molar-refractivity contribution in [2.75, 3.05) is 0 Å². The van der Waals surface area contributed by atoms with Gasteiger partial charge in [0.2, 0.25) is 0 Å². The molecule has 22 heavy (non-hydrogen) atoms. The highest BCUT2D eigenvalue weighted by molar-refractivity contribution is 5.86. The molecule has 0 saturated carbocycles. The molecule has 3 aromatic rings. The van der Waals surface area contributed by atoms with Crippen molar-refractivity contribution in [3.63, 3.8) is 0 Å². The first-order chi connectivity index (χ1) is 10.7. The highest BCUT2D eigenvalue weighted by Crippen LogP contribution is 2.34. The van der Waals surface area contributed by atoms with E-state index in [1.54, 1.807) is 0 Å². The van der Waals surface area contributed by atoms with Gasteiger partial charge >= 0.3 is 0 Å². The number of hydrogen-bond donors (Lipinski definition) is 1. The molecule has 0 spiro atoms. The molecule has 0 heterocycles. The molecule has 2 unspecified atom stereocenters. The van der Waals surface area contributed by atoms with E-state index in [2.05, 4.69) is 73.7 Å². The zero-order chi connectivity index (χ0) is 15.5. The molecule has 0 fully saturated rings. The molecule has 0 bridgehead atoms. The summed E-state index contributed by atoms with van der Waals surface area (Å²) >= 11 is 0. The van der Waals surface area contributed by atoms with Crippen LogP contribution in [0.15, 0.2) is 66.7 Å². The highest BCUT2D eigenvalue weighted by Gasteiger charge is 2.23. The highest BCUT2D eigenvalue weighted by atomic mass is 16.3. The standard InChI is InChI=1S/C21H22O/c1-3-20(22)21(17-13-11-15(2)12-14-17)19-10-6-8-16-7-4-5-9-18(16)19/h4-14,20-22H,3H2,1-2H3. The zero-order valence-corrected chi connectivity index (χ0v) is 13.2. The molecule has 0 aliphatic heterocycles. The summed E-state index contributed by atoms with van der Waals surface area (Å²) in [7, 11) is 0. The summed E-state index contributed by atoms with van der Waals surface area (Å²) in [6.07, 6.45) is 0.357. The second-order valence-electron chi connectivity index (χ2n) is 5.93. The summed E-state index contributed by atoms with van der Waals surface area (Å²) in [5.41, 5.74) is 3.62. The van der Waals surface area contributed by atoms with E-state index in [0.717, 1.165) is 6.42 Å². The third-order valence-corrected chi connectivity index (χ3v) is 4.40. The van der Waals surface area contributed by atoms with Crippen LogP contribution in [0.5, 0.6) is 0 Å². The maximum absolute atomic E-state index is 10.7. The summed E-state index contributed by atoms with van der Waals surface area (Å²) in [5.74, 6) is 0.0108. The van der Waals surface area contributed by atoms with E-state index in [-0.39, 0.29) is 12.0 Å². The van der Waals surface area contributed by atoms with Crippen LogP contribution in [0.4, 0.5) is 0 Å². The molecular weight excluding hydrogens is 268 g/mol. The number of aliphatic hydroxyl groups is 1. The quantitative estimate of drug-likeness (QED) is 0.712. The van der Waals surface area contributed by atoms with Crippen LogP contribution in [0.1, 0.15) is 36.0 Å². The Morgan fingerprint density at radius 1 is 0.864 bits per heavy atom. The van der Waals surface area contributed by atoms with E-state index >= 15 is 0 Å². The molecule has 0 saturated heterocycles. The Kier molecular flexibility index (Phi) is 4.26. The maximum Gasteiger partial charge on any atom is 0.0646 e. The summed E-state index contributed by atoms with van der Waals surface area (Å²) < 4.78 is 0. The molecule has 0 aliphatic carbocycles. The van der Waals surface area contributed by atoms with Crippen molar-refractivity contribution in [3.05, 3.63) is 83.4 Å². The number of fused-ring (bicyclic) bond motifs is 1. The lowest BCUT2D eigenvalue weighted by Gasteiger charge is -2.24. The van der Waals surface area contributed by atoms with Gasteiger partial charge in [0, 0.05) is 5.92 Å². The zero-order valence-electron chi connectivity index (χ0n) is 13.2. The molecule has 0 amide bonds. The van der Waals surface area contributed by atoms with Crippen molar-refractivity contribution in [1.29, 1.82) is 0 Å². The molecule has 3 rings (SSSR count). The van der Waals surface area contributed by atoms with Crippen LogP contribution in [0.3, 0.4) is 0 Å². The smallest absolute Gasteiger partial charge is 0.0646 e. The van der Waals surface area contributed by atoms with Crippen LogP contribution in [-0.4, -0.2) is 11.2 Å². The Balaban J connectivity index is 2.18. The van der Waals surface area contributed by atoms with Crippen molar-refractivity contribution in [3.8, 4) is 0 Å². The van der Waals surface area contributed by atoms with E-state index in [4.69, 9.17) is 0 Å². The van der Waals surface area contributed by atoms with E-state index < -0.39 is 0 Å². The van der Waals surface area contributed by atoms with Crippen molar-refractivity contribution in [1.82, 2.24) is 0 Å². The lowest BCUT2D eigenvalue weighted by Crippen LogP contribution is -2.19. The first kappa shape index (κ1) is 14.8. The number of rotatable bonds is 4. The van der Waals surface area contributed by atoms with E-state index in [9.17, 15) is 5.11 Å². The largest absolute Gasteiger partial charge is 0.392 e. The van der Waals surface area contributed by atoms with Crippen LogP contribution >= 0.6 is 0 Å². The third kappa shape index (κ3) is 2.77. The van der Waals surface area contributed by atoms with Crippen LogP contribution in [0.2, 0.25) is 0 Å².